The van der Waals surface area contributed by atoms with Crippen molar-refractivity contribution < 1.29 is 19.1 Å². The van der Waals surface area contributed by atoms with Crippen LogP contribution in [-0.2, 0) is 4.79 Å². The maximum Gasteiger partial charge on any atom is 0.290 e. The summed E-state index contributed by atoms with van der Waals surface area (Å²) in [5.41, 5.74) is 1.24. The summed E-state index contributed by atoms with van der Waals surface area (Å²) in [6.45, 7) is 0.939. The average molecular weight is 391 g/mol. The Morgan fingerprint density at radius 1 is 1.24 bits per heavy atom. The third kappa shape index (κ3) is 3.40. The molecule has 0 radical (unpaired) electrons. The Morgan fingerprint density at radius 2 is 2.03 bits per heavy atom. The number of hydrogen-bond acceptors (Lipinski definition) is 6. The first-order chi connectivity index (χ1) is 14.0. The summed E-state index contributed by atoms with van der Waals surface area (Å²) in [5.74, 6) is -1.53. The molecule has 1 atom stereocenters. The summed E-state index contributed by atoms with van der Waals surface area (Å²) >= 11 is 0. The highest BCUT2D eigenvalue weighted by molar-refractivity contribution is 6.15. The van der Waals surface area contributed by atoms with Gasteiger partial charge in [0.25, 0.3) is 5.91 Å². The molecule has 0 unspecified atom stereocenters. The first kappa shape index (κ1) is 18.9. The van der Waals surface area contributed by atoms with Gasteiger partial charge in [0, 0.05) is 30.9 Å². The Labute approximate surface area is 167 Å². The molecule has 3 aromatic rings. The van der Waals surface area contributed by atoms with Gasteiger partial charge in [-0.3, -0.25) is 14.6 Å². The van der Waals surface area contributed by atoms with Crippen LogP contribution in [0.4, 0.5) is 0 Å². The second kappa shape index (κ2) is 7.52. The number of nitrogens with zero attached hydrogens (tertiary/aromatic N) is 3. The summed E-state index contributed by atoms with van der Waals surface area (Å²) in [6.07, 6.45) is 3.22. The molecule has 1 aliphatic rings. The van der Waals surface area contributed by atoms with Crippen LogP contribution in [0.2, 0.25) is 0 Å². The number of hydrogen-bond donors (Lipinski definition) is 1. The largest absolute Gasteiger partial charge is 0.503 e. The van der Waals surface area contributed by atoms with Gasteiger partial charge in [0.1, 0.15) is 5.58 Å². The van der Waals surface area contributed by atoms with Gasteiger partial charge >= 0.3 is 0 Å². The van der Waals surface area contributed by atoms with Crippen molar-refractivity contribution in [2.24, 2.45) is 0 Å². The van der Waals surface area contributed by atoms with Gasteiger partial charge in [-0.2, -0.15) is 0 Å². The third-order valence-corrected chi connectivity index (χ3v) is 4.99. The van der Waals surface area contributed by atoms with Gasteiger partial charge in [-0.25, -0.2) is 0 Å². The van der Waals surface area contributed by atoms with Gasteiger partial charge in [-0.05, 0) is 37.9 Å². The molecule has 0 fully saturated rings. The van der Waals surface area contributed by atoms with Crippen molar-refractivity contribution in [3.8, 4) is 0 Å². The molecule has 1 N–H and O–H groups in total. The van der Waals surface area contributed by atoms with Gasteiger partial charge in [-0.15, -0.1) is 0 Å². The number of ketones is 1. The Balaban J connectivity index is 1.78. The number of rotatable bonds is 6. The quantitative estimate of drug-likeness (QED) is 0.650. The maximum atomic E-state index is 13.3. The molecule has 0 saturated carbocycles. The van der Waals surface area contributed by atoms with Crippen LogP contribution in [0.5, 0.6) is 0 Å². The van der Waals surface area contributed by atoms with Crippen molar-refractivity contribution >= 4 is 22.7 Å². The van der Waals surface area contributed by atoms with Crippen molar-refractivity contribution in [3.05, 3.63) is 77.5 Å². The van der Waals surface area contributed by atoms with Crippen LogP contribution >= 0.6 is 0 Å². The molecular weight excluding hydrogens is 370 g/mol. The number of fused-ring (bicyclic) bond motifs is 1. The second-order valence-corrected chi connectivity index (χ2v) is 7.23. The van der Waals surface area contributed by atoms with Crippen LogP contribution in [0.1, 0.15) is 22.2 Å². The normalized spacial score (nSPS) is 17.0. The minimum atomic E-state index is -0.725. The van der Waals surface area contributed by atoms with E-state index in [0.29, 0.717) is 24.2 Å². The second-order valence-electron chi connectivity index (χ2n) is 7.23. The molecule has 1 amide bonds. The average Bonchev–Trinajstić information content (AvgIpc) is 3.26. The third-order valence-electron chi connectivity index (χ3n) is 4.99. The van der Waals surface area contributed by atoms with E-state index >= 15 is 0 Å². The molecule has 1 aliphatic heterocycles. The Morgan fingerprint density at radius 3 is 2.72 bits per heavy atom. The number of aliphatic hydroxyl groups is 1. The molecule has 0 saturated heterocycles. The predicted octanol–water partition coefficient (Wildman–Crippen LogP) is 2.97. The smallest absolute Gasteiger partial charge is 0.290 e. The zero-order valence-electron chi connectivity index (χ0n) is 16.2. The number of amides is 1. The van der Waals surface area contributed by atoms with Crippen LogP contribution in [0, 0.1) is 0 Å². The molecule has 3 heterocycles. The summed E-state index contributed by atoms with van der Waals surface area (Å²) in [6, 6.07) is 11.7. The van der Waals surface area contributed by atoms with Crippen molar-refractivity contribution in [3.63, 3.8) is 0 Å². The first-order valence-electron chi connectivity index (χ1n) is 9.29. The fourth-order valence-electron chi connectivity index (χ4n) is 3.53. The van der Waals surface area contributed by atoms with Crippen molar-refractivity contribution in [1.29, 1.82) is 0 Å². The maximum absolute atomic E-state index is 13.3. The lowest BCUT2D eigenvalue weighted by Gasteiger charge is -2.27. The lowest BCUT2D eigenvalue weighted by Crippen LogP contribution is -2.36. The number of likely N-dealkylation sites (N-methyl/N-ethyl adjacent to an activating group) is 1. The van der Waals surface area contributed by atoms with E-state index in [0.717, 1.165) is 5.39 Å². The van der Waals surface area contributed by atoms with Gasteiger partial charge in [-0.1, -0.05) is 24.3 Å². The molecule has 4 rings (SSSR count). The molecule has 148 valence electrons. The topological polar surface area (TPSA) is 86.9 Å². The van der Waals surface area contributed by atoms with Crippen LogP contribution in [-0.4, -0.2) is 58.8 Å². The van der Waals surface area contributed by atoms with Crippen molar-refractivity contribution in [1.82, 2.24) is 14.8 Å². The van der Waals surface area contributed by atoms with Crippen LogP contribution < -0.4 is 0 Å². The summed E-state index contributed by atoms with van der Waals surface area (Å²) in [7, 11) is 3.79. The van der Waals surface area contributed by atoms with Gasteiger partial charge < -0.3 is 19.3 Å². The van der Waals surface area contributed by atoms with Gasteiger partial charge in [0.2, 0.25) is 5.78 Å². The van der Waals surface area contributed by atoms with E-state index in [1.165, 1.54) is 4.90 Å². The molecule has 0 bridgehead atoms. The number of aliphatic hydroxyl groups excluding tert-OH is 1. The zero-order valence-corrected chi connectivity index (χ0v) is 16.2. The summed E-state index contributed by atoms with van der Waals surface area (Å²) < 4.78 is 5.69. The SMILES string of the molecule is CN(C)CCN1C(=O)C(O)=C(C(=O)c2cc3ccccc3o2)[C@H]1c1cccnc1. The van der Waals surface area contributed by atoms with E-state index < -0.39 is 23.5 Å². The molecule has 0 spiro atoms. The molecule has 1 aromatic carbocycles. The molecule has 2 aromatic heterocycles. The van der Waals surface area contributed by atoms with Gasteiger partial charge in [0.15, 0.2) is 11.5 Å². The number of carbonyl (C=O) groups excluding carboxylic acids is 2. The van der Waals surface area contributed by atoms with E-state index in [4.69, 9.17) is 4.42 Å². The monoisotopic (exact) mass is 391 g/mol. The van der Waals surface area contributed by atoms with Gasteiger partial charge in [0.05, 0.1) is 11.6 Å². The first-order valence-corrected chi connectivity index (χ1v) is 9.29. The van der Waals surface area contributed by atoms with E-state index in [-0.39, 0.29) is 11.3 Å². The Bertz CT molecular complexity index is 1070. The van der Waals surface area contributed by atoms with Crippen LogP contribution in [0.25, 0.3) is 11.0 Å². The number of benzene rings is 1. The molecule has 7 heteroatoms. The highest BCUT2D eigenvalue weighted by Gasteiger charge is 2.44. The summed E-state index contributed by atoms with van der Waals surface area (Å²) in [5, 5.41) is 11.4. The molecule has 7 nitrogen and oxygen atoms in total. The minimum Gasteiger partial charge on any atom is -0.503 e. The highest BCUT2D eigenvalue weighted by atomic mass is 16.3. The molecule has 0 aliphatic carbocycles. The van der Waals surface area contributed by atoms with Crippen molar-refractivity contribution in [2.45, 2.75) is 6.04 Å². The summed E-state index contributed by atoms with van der Waals surface area (Å²) in [4.78, 5) is 33.7. The number of furan rings is 1. The Hall–Kier alpha value is -3.45. The number of carbonyl (C=O) groups is 2. The fourth-order valence-corrected chi connectivity index (χ4v) is 3.53. The fraction of sp³-hybridized carbons (Fsp3) is 0.227. The van der Waals surface area contributed by atoms with Crippen LogP contribution in [0.3, 0.4) is 0 Å². The van der Waals surface area contributed by atoms with E-state index in [1.54, 1.807) is 36.7 Å². The molecular formula is C22H21N3O4. The van der Waals surface area contributed by atoms with Crippen molar-refractivity contribution in [2.75, 3.05) is 27.2 Å². The number of Topliss-reactive ketones (excluding diaryl/α,β-unsaturated/α-hetero) is 1. The Kier molecular flexibility index (Phi) is 4.90. The number of para-hydroxylation sites is 1. The zero-order chi connectivity index (χ0) is 20.5. The van der Waals surface area contributed by atoms with Crippen LogP contribution in [0.15, 0.2) is 70.6 Å². The lowest BCUT2D eigenvalue weighted by molar-refractivity contribution is -0.129. The minimum absolute atomic E-state index is 0.0146. The van der Waals surface area contributed by atoms with E-state index in [2.05, 4.69) is 4.98 Å². The van der Waals surface area contributed by atoms with E-state index in [9.17, 15) is 14.7 Å². The highest BCUT2D eigenvalue weighted by Crippen LogP contribution is 2.39. The standard InChI is InChI=1S/C22H21N3O4/c1-24(2)10-11-25-19(15-7-5-9-23-13-15)18(21(27)22(25)28)20(26)17-12-14-6-3-4-8-16(14)29-17/h3-9,12-13,19,27H,10-11H2,1-2H3/t19-/m1/s1. The van der Waals surface area contributed by atoms with E-state index in [1.807, 2.05) is 37.2 Å². The number of pyridine rings is 1. The number of aromatic nitrogens is 1. The predicted molar refractivity (Wildman–Crippen MR) is 107 cm³/mol. The molecule has 29 heavy (non-hydrogen) atoms. The lowest BCUT2D eigenvalue weighted by atomic mass is 9.96.